The molecule has 7 nitrogen and oxygen atoms in total. The lowest BCUT2D eigenvalue weighted by molar-refractivity contribution is 0.0683. The van der Waals surface area contributed by atoms with Gasteiger partial charge in [-0.25, -0.2) is 19.2 Å². The molecule has 1 saturated heterocycles. The first-order valence-electron chi connectivity index (χ1n) is 9.84. The summed E-state index contributed by atoms with van der Waals surface area (Å²) in [6, 6.07) is 6.13. The zero-order valence-corrected chi connectivity index (χ0v) is 16.8. The van der Waals surface area contributed by atoms with Crippen LogP contribution in [-0.4, -0.2) is 59.2 Å². The molecule has 1 unspecified atom stereocenters. The quantitative estimate of drug-likeness (QED) is 0.666. The average molecular weight is 402 g/mol. The molecule has 0 radical (unpaired) electrons. The van der Waals surface area contributed by atoms with E-state index in [1.807, 2.05) is 6.92 Å². The van der Waals surface area contributed by atoms with Crippen LogP contribution in [0.5, 0.6) is 0 Å². The maximum Gasteiger partial charge on any atom is 0.356 e. The summed E-state index contributed by atoms with van der Waals surface area (Å²) in [5, 5.41) is 12.9. The molecule has 29 heavy (non-hydrogen) atoms. The highest BCUT2D eigenvalue weighted by atomic mass is 19.1. The van der Waals surface area contributed by atoms with Gasteiger partial charge < -0.3 is 20.1 Å². The van der Waals surface area contributed by atoms with Crippen LogP contribution in [0.15, 0.2) is 24.3 Å². The van der Waals surface area contributed by atoms with E-state index in [1.54, 1.807) is 12.1 Å². The number of aromatic nitrogens is 2. The molecule has 2 aromatic rings. The van der Waals surface area contributed by atoms with E-state index in [4.69, 9.17) is 4.74 Å². The Morgan fingerprint density at radius 1 is 1.28 bits per heavy atom. The van der Waals surface area contributed by atoms with Crippen molar-refractivity contribution in [1.29, 1.82) is 0 Å². The van der Waals surface area contributed by atoms with E-state index >= 15 is 0 Å². The van der Waals surface area contributed by atoms with E-state index in [1.165, 1.54) is 32.1 Å². The summed E-state index contributed by atoms with van der Waals surface area (Å²) in [6.45, 7) is 5.71. The van der Waals surface area contributed by atoms with Crippen LogP contribution >= 0.6 is 0 Å². The lowest BCUT2D eigenvalue weighted by atomic mass is 9.97. The van der Waals surface area contributed by atoms with E-state index in [0.29, 0.717) is 18.1 Å². The summed E-state index contributed by atoms with van der Waals surface area (Å²) in [5.74, 6) is -1.19. The van der Waals surface area contributed by atoms with Gasteiger partial charge in [-0.3, -0.25) is 0 Å². The summed E-state index contributed by atoms with van der Waals surface area (Å²) in [6.07, 6.45) is 2.44. The number of ether oxygens (including phenoxy) is 1. The Hall–Kier alpha value is -2.58. The number of carbonyl (C=O) groups is 1. The third-order valence-electron chi connectivity index (χ3n) is 5.18. The number of methoxy groups -OCH3 is 1. The van der Waals surface area contributed by atoms with Crippen LogP contribution in [0.3, 0.4) is 0 Å². The minimum absolute atomic E-state index is 0.0562. The van der Waals surface area contributed by atoms with Gasteiger partial charge in [0.15, 0.2) is 5.69 Å². The van der Waals surface area contributed by atoms with Gasteiger partial charge in [0.25, 0.3) is 0 Å². The van der Waals surface area contributed by atoms with Crippen LogP contribution in [-0.2, 0) is 11.3 Å². The normalized spacial score (nSPS) is 15.4. The van der Waals surface area contributed by atoms with E-state index in [9.17, 15) is 14.3 Å². The number of hydrogen-bond acceptors (Lipinski definition) is 6. The Bertz CT molecular complexity index is 839. The first kappa shape index (κ1) is 21.1. The smallest absolute Gasteiger partial charge is 0.356 e. The Morgan fingerprint density at radius 3 is 2.59 bits per heavy atom. The number of carboxylic acids is 1. The molecular formula is C21H27FN4O3. The molecule has 0 amide bonds. The van der Waals surface area contributed by atoms with Crippen molar-refractivity contribution in [2.75, 3.05) is 38.6 Å². The second-order valence-electron chi connectivity index (χ2n) is 7.24. The summed E-state index contributed by atoms with van der Waals surface area (Å²) in [7, 11) is 1.49. The number of halogens is 1. The summed E-state index contributed by atoms with van der Waals surface area (Å²) in [4.78, 5) is 23.1. The monoisotopic (exact) mass is 402 g/mol. The van der Waals surface area contributed by atoms with Gasteiger partial charge in [0.1, 0.15) is 17.3 Å². The Labute approximate surface area is 169 Å². The number of hydrogen-bond donors (Lipinski definition) is 2. The van der Waals surface area contributed by atoms with Gasteiger partial charge in [-0.15, -0.1) is 0 Å². The fourth-order valence-corrected chi connectivity index (χ4v) is 3.57. The van der Waals surface area contributed by atoms with E-state index in [-0.39, 0.29) is 29.7 Å². The second-order valence-corrected chi connectivity index (χ2v) is 7.24. The molecule has 1 aliphatic heterocycles. The Balaban J connectivity index is 1.91. The molecule has 0 saturated carbocycles. The van der Waals surface area contributed by atoms with Gasteiger partial charge in [-0.05, 0) is 43.6 Å². The minimum Gasteiger partial charge on any atom is -0.476 e. The van der Waals surface area contributed by atoms with E-state index in [0.717, 1.165) is 25.2 Å². The summed E-state index contributed by atoms with van der Waals surface area (Å²) < 4.78 is 18.4. The SMILES string of the molecule is COCc1nc(NCCN2CCCC2)c(C(C)c2ccc(F)cc2)nc1C(=O)O. The summed E-state index contributed by atoms with van der Waals surface area (Å²) >= 11 is 0. The van der Waals surface area contributed by atoms with Crippen LogP contribution in [0.4, 0.5) is 10.2 Å². The number of benzene rings is 1. The van der Waals surface area contributed by atoms with Crippen molar-refractivity contribution in [3.63, 3.8) is 0 Å². The molecule has 0 bridgehead atoms. The predicted octanol–water partition coefficient (Wildman–Crippen LogP) is 3.12. The standard InChI is InChI=1S/C21H27FN4O3/c1-14(15-5-7-16(22)8-6-15)18-20(23-9-12-26-10-3-4-11-26)24-17(13-29-2)19(25-18)21(27)28/h5-8,14H,3-4,9-13H2,1-2H3,(H,23,24)(H,27,28). The lowest BCUT2D eigenvalue weighted by Crippen LogP contribution is -2.27. The molecule has 1 aromatic heterocycles. The second kappa shape index (κ2) is 9.76. The van der Waals surface area contributed by atoms with E-state index < -0.39 is 5.97 Å². The van der Waals surface area contributed by atoms with Crippen molar-refractivity contribution in [1.82, 2.24) is 14.9 Å². The number of carboxylic acid groups (broad SMARTS) is 1. The van der Waals surface area contributed by atoms with Gasteiger partial charge >= 0.3 is 5.97 Å². The van der Waals surface area contributed by atoms with E-state index in [2.05, 4.69) is 20.2 Å². The Morgan fingerprint density at radius 2 is 1.97 bits per heavy atom. The maximum atomic E-state index is 13.3. The van der Waals surface area contributed by atoms with Crippen molar-refractivity contribution in [3.8, 4) is 0 Å². The van der Waals surface area contributed by atoms with Gasteiger partial charge in [0, 0.05) is 26.1 Å². The maximum absolute atomic E-state index is 13.3. The topological polar surface area (TPSA) is 87.6 Å². The lowest BCUT2D eigenvalue weighted by Gasteiger charge is -2.20. The molecule has 1 aromatic carbocycles. The zero-order chi connectivity index (χ0) is 20.8. The first-order valence-corrected chi connectivity index (χ1v) is 9.84. The van der Waals surface area contributed by atoms with Crippen molar-refractivity contribution in [3.05, 3.63) is 52.7 Å². The molecule has 0 aliphatic carbocycles. The third-order valence-corrected chi connectivity index (χ3v) is 5.18. The highest BCUT2D eigenvalue weighted by Crippen LogP contribution is 2.29. The van der Waals surface area contributed by atoms with Gasteiger partial charge in [0.2, 0.25) is 0 Å². The average Bonchev–Trinajstić information content (AvgIpc) is 3.22. The number of nitrogens with one attached hydrogen (secondary N) is 1. The van der Waals surface area contributed by atoms with Gasteiger partial charge in [0.05, 0.1) is 12.3 Å². The fraction of sp³-hybridized carbons (Fsp3) is 0.476. The largest absolute Gasteiger partial charge is 0.476 e. The molecule has 3 rings (SSSR count). The van der Waals surface area contributed by atoms with Crippen LogP contribution in [0.1, 0.15) is 53.1 Å². The van der Waals surface area contributed by atoms with Crippen molar-refractivity contribution < 1.29 is 19.0 Å². The minimum atomic E-state index is -1.15. The molecule has 8 heteroatoms. The molecule has 2 heterocycles. The molecular weight excluding hydrogens is 375 g/mol. The number of likely N-dealkylation sites (tertiary alicyclic amines) is 1. The molecule has 0 spiro atoms. The Kier molecular flexibility index (Phi) is 7.11. The third kappa shape index (κ3) is 5.27. The fourth-order valence-electron chi connectivity index (χ4n) is 3.57. The van der Waals surface area contributed by atoms with Crippen LogP contribution in [0.2, 0.25) is 0 Å². The number of rotatable bonds is 9. The highest BCUT2D eigenvalue weighted by Gasteiger charge is 2.23. The van der Waals surface area contributed by atoms with Crippen LogP contribution < -0.4 is 5.32 Å². The zero-order valence-electron chi connectivity index (χ0n) is 16.8. The molecule has 156 valence electrons. The highest BCUT2D eigenvalue weighted by molar-refractivity contribution is 5.87. The van der Waals surface area contributed by atoms with Crippen molar-refractivity contribution in [2.24, 2.45) is 0 Å². The van der Waals surface area contributed by atoms with Gasteiger partial charge in [-0.1, -0.05) is 19.1 Å². The van der Waals surface area contributed by atoms with Crippen LogP contribution in [0.25, 0.3) is 0 Å². The summed E-state index contributed by atoms with van der Waals surface area (Å²) in [5.41, 5.74) is 1.51. The predicted molar refractivity (Wildman–Crippen MR) is 108 cm³/mol. The number of aromatic carboxylic acids is 1. The van der Waals surface area contributed by atoms with Crippen LogP contribution in [0, 0.1) is 5.82 Å². The van der Waals surface area contributed by atoms with Crippen molar-refractivity contribution >= 4 is 11.8 Å². The van der Waals surface area contributed by atoms with Gasteiger partial charge in [-0.2, -0.15) is 0 Å². The molecule has 1 atom stereocenters. The molecule has 1 aliphatic rings. The van der Waals surface area contributed by atoms with Crippen molar-refractivity contribution in [2.45, 2.75) is 32.3 Å². The molecule has 2 N–H and O–H groups in total. The molecule has 1 fully saturated rings. The number of nitrogens with zero attached hydrogens (tertiary/aromatic N) is 3. The number of anilines is 1. The first-order chi connectivity index (χ1) is 14.0.